The second kappa shape index (κ2) is 7.86. The maximum absolute atomic E-state index is 12.7. The highest BCUT2D eigenvalue weighted by Crippen LogP contribution is 2.22. The zero-order valence-corrected chi connectivity index (χ0v) is 17.1. The lowest BCUT2D eigenvalue weighted by atomic mass is 10.1. The molecule has 1 aliphatic rings. The van der Waals surface area contributed by atoms with E-state index in [0.717, 1.165) is 37.6 Å². The third-order valence-electron chi connectivity index (χ3n) is 5.53. The van der Waals surface area contributed by atoms with Crippen LogP contribution in [0.2, 0.25) is 5.02 Å². The SMILES string of the molecule is Cc1ccccc1N1CCN(Cc2c(Cl)c(=O)n(-c3ccccc3)n2C)CC1. The van der Waals surface area contributed by atoms with Crippen molar-refractivity contribution in [3.8, 4) is 5.69 Å². The van der Waals surface area contributed by atoms with Crippen LogP contribution in [0.4, 0.5) is 5.69 Å². The first-order valence-corrected chi connectivity index (χ1v) is 9.99. The molecule has 2 aromatic carbocycles. The Morgan fingerprint density at radius 3 is 2.25 bits per heavy atom. The second-order valence-electron chi connectivity index (χ2n) is 7.29. The van der Waals surface area contributed by atoms with Gasteiger partial charge in [0.05, 0.1) is 11.4 Å². The van der Waals surface area contributed by atoms with Crippen molar-refractivity contribution in [2.45, 2.75) is 13.5 Å². The Morgan fingerprint density at radius 1 is 0.929 bits per heavy atom. The van der Waals surface area contributed by atoms with Crippen molar-refractivity contribution in [3.05, 3.63) is 81.2 Å². The van der Waals surface area contributed by atoms with Crippen LogP contribution in [0.5, 0.6) is 0 Å². The van der Waals surface area contributed by atoms with Crippen LogP contribution in [0.3, 0.4) is 0 Å². The van der Waals surface area contributed by atoms with E-state index in [9.17, 15) is 4.79 Å². The second-order valence-corrected chi connectivity index (χ2v) is 7.66. The first-order chi connectivity index (χ1) is 13.6. The van der Waals surface area contributed by atoms with Gasteiger partial charge in [0.2, 0.25) is 0 Å². The first kappa shape index (κ1) is 18.8. The summed E-state index contributed by atoms with van der Waals surface area (Å²) in [5.74, 6) is 0. The molecule has 2 heterocycles. The van der Waals surface area contributed by atoms with Crippen molar-refractivity contribution in [1.29, 1.82) is 0 Å². The van der Waals surface area contributed by atoms with E-state index in [0.29, 0.717) is 11.6 Å². The standard InChI is InChI=1S/C22H25ClN4O/c1-17-8-6-7-11-19(17)26-14-12-25(13-15-26)16-20-21(23)22(28)27(24(20)2)18-9-4-3-5-10-18/h3-11H,12-16H2,1-2H3. The fourth-order valence-electron chi connectivity index (χ4n) is 3.92. The molecule has 1 aliphatic heterocycles. The lowest BCUT2D eigenvalue weighted by Gasteiger charge is -2.36. The average molecular weight is 397 g/mol. The van der Waals surface area contributed by atoms with E-state index in [1.54, 1.807) is 4.68 Å². The minimum atomic E-state index is -0.163. The van der Waals surface area contributed by atoms with E-state index in [1.807, 2.05) is 42.1 Å². The summed E-state index contributed by atoms with van der Waals surface area (Å²) in [7, 11) is 1.90. The smallest absolute Gasteiger partial charge is 0.290 e. The van der Waals surface area contributed by atoms with E-state index in [2.05, 4.69) is 41.0 Å². The van der Waals surface area contributed by atoms with Crippen LogP contribution in [-0.4, -0.2) is 40.4 Å². The fraction of sp³-hybridized carbons (Fsp3) is 0.318. The van der Waals surface area contributed by atoms with Crippen LogP contribution >= 0.6 is 11.6 Å². The molecule has 5 nitrogen and oxygen atoms in total. The van der Waals surface area contributed by atoms with Gasteiger partial charge in [-0.2, -0.15) is 0 Å². The third-order valence-corrected chi connectivity index (χ3v) is 5.91. The fourth-order valence-corrected chi connectivity index (χ4v) is 4.19. The van der Waals surface area contributed by atoms with Gasteiger partial charge < -0.3 is 4.90 Å². The number of anilines is 1. The Kier molecular flexibility index (Phi) is 5.29. The summed E-state index contributed by atoms with van der Waals surface area (Å²) in [6.45, 7) is 6.64. The molecule has 0 atom stereocenters. The van der Waals surface area contributed by atoms with E-state index in [1.165, 1.54) is 11.3 Å². The average Bonchev–Trinajstić information content (AvgIpc) is 2.93. The van der Waals surface area contributed by atoms with E-state index >= 15 is 0 Å². The molecular weight excluding hydrogens is 372 g/mol. The van der Waals surface area contributed by atoms with E-state index in [4.69, 9.17) is 11.6 Å². The molecule has 0 aliphatic carbocycles. The number of nitrogens with zero attached hydrogens (tertiary/aromatic N) is 4. The summed E-state index contributed by atoms with van der Waals surface area (Å²) in [4.78, 5) is 17.5. The molecule has 6 heteroatoms. The normalized spacial score (nSPS) is 15.2. The van der Waals surface area contributed by atoms with Crippen LogP contribution in [0.1, 0.15) is 11.3 Å². The van der Waals surface area contributed by atoms with Crippen molar-refractivity contribution < 1.29 is 0 Å². The van der Waals surface area contributed by atoms with Gasteiger partial charge in [0.15, 0.2) is 0 Å². The highest BCUT2D eigenvalue weighted by molar-refractivity contribution is 6.31. The molecule has 0 radical (unpaired) electrons. The van der Waals surface area contributed by atoms with Crippen LogP contribution in [0, 0.1) is 6.92 Å². The summed E-state index contributed by atoms with van der Waals surface area (Å²) >= 11 is 6.44. The van der Waals surface area contributed by atoms with Crippen LogP contribution in [-0.2, 0) is 13.6 Å². The number of piperazine rings is 1. The Hall–Kier alpha value is -2.50. The van der Waals surface area contributed by atoms with Gasteiger partial charge in [0.1, 0.15) is 5.02 Å². The van der Waals surface area contributed by atoms with Gasteiger partial charge >= 0.3 is 0 Å². The van der Waals surface area contributed by atoms with Crippen LogP contribution < -0.4 is 10.5 Å². The van der Waals surface area contributed by atoms with Gasteiger partial charge in [0.25, 0.3) is 5.56 Å². The molecule has 0 unspecified atom stereocenters. The molecule has 0 spiro atoms. The van der Waals surface area contributed by atoms with E-state index in [-0.39, 0.29) is 5.56 Å². The summed E-state index contributed by atoms with van der Waals surface area (Å²) in [6, 6.07) is 18.1. The summed E-state index contributed by atoms with van der Waals surface area (Å²) in [5, 5.41) is 0.313. The van der Waals surface area contributed by atoms with Gasteiger partial charge in [-0.3, -0.25) is 14.4 Å². The van der Waals surface area contributed by atoms with Crippen molar-refractivity contribution in [1.82, 2.24) is 14.3 Å². The third kappa shape index (κ3) is 3.48. The number of hydrogen-bond donors (Lipinski definition) is 0. The minimum Gasteiger partial charge on any atom is -0.369 e. The Morgan fingerprint density at radius 2 is 1.57 bits per heavy atom. The molecule has 0 bridgehead atoms. The quantitative estimate of drug-likeness (QED) is 0.677. The van der Waals surface area contributed by atoms with Crippen LogP contribution in [0.25, 0.3) is 5.69 Å². The number of halogens is 1. The number of aromatic nitrogens is 2. The maximum Gasteiger partial charge on any atom is 0.290 e. The topological polar surface area (TPSA) is 33.4 Å². The van der Waals surface area contributed by atoms with Crippen molar-refractivity contribution in [3.63, 3.8) is 0 Å². The molecule has 0 N–H and O–H groups in total. The lowest BCUT2D eigenvalue weighted by molar-refractivity contribution is 0.243. The number of para-hydroxylation sites is 2. The maximum atomic E-state index is 12.7. The van der Waals surface area contributed by atoms with Gasteiger partial charge in [-0.15, -0.1) is 0 Å². The zero-order valence-electron chi connectivity index (χ0n) is 16.3. The molecule has 0 amide bonds. The first-order valence-electron chi connectivity index (χ1n) is 9.61. The van der Waals surface area contributed by atoms with Crippen molar-refractivity contribution in [2.24, 2.45) is 7.05 Å². The van der Waals surface area contributed by atoms with Gasteiger partial charge in [-0.1, -0.05) is 48.0 Å². The number of aryl methyl sites for hydroxylation is 1. The molecule has 4 rings (SSSR count). The van der Waals surface area contributed by atoms with Crippen molar-refractivity contribution in [2.75, 3.05) is 31.1 Å². The van der Waals surface area contributed by atoms with Crippen molar-refractivity contribution >= 4 is 17.3 Å². The highest BCUT2D eigenvalue weighted by atomic mass is 35.5. The highest BCUT2D eigenvalue weighted by Gasteiger charge is 2.23. The predicted octanol–water partition coefficient (Wildman–Crippen LogP) is 3.46. The van der Waals surface area contributed by atoms with Crippen LogP contribution in [0.15, 0.2) is 59.4 Å². The molecular formula is C22H25ClN4O. The molecule has 1 fully saturated rings. The number of hydrogen-bond acceptors (Lipinski definition) is 3. The Labute approximate surface area is 170 Å². The predicted molar refractivity (Wildman–Crippen MR) is 115 cm³/mol. The van der Waals surface area contributed by atoms with Gasteiger partial charge in [-0.05, 0) is 30.7 Å². The molecule has 28 heavy (non-hydrogen) atoms. The monoisotopic (exact) mass is 396 g/mol. The number of rotatable bonds is 4. The number of benzene rings is 2. The zero-order chi connectivity index (χ0) is 19.7. The minimum absolute atomic E-state index is 0.163. The van der Waals surface area contributed by atoms with Gasteiger partial charge in [0, 0.05) is 45.5 Å². The molecule has 0 saturated carbocycles. The molecule has 3 aromatic rings. The summed E-state index contributed by atoms with van der Waals surface area (Å²) < 4.78 is 3.52. The van der Waals surface area contributed by atoms with E-state index < -0.39 is 0 Å². The Bertz CT molecular complexity index is 1020. The lowest BCUT2D eigenvalue weighted by Crippen LogP contribution is -2.46. The molecule has 1 saturated heterocycles. The van der Waals surface area contributed by atoms with Gasteiger partial charge in [-0.25, -0.2) is 4.68 Å². The molecule has 146 valence electrons. The Balaban J connectivity index is 1.51. The summed E-state index contributed by atoms with van der Waals surface area (Å²) in [5.41, 5.74) is 4.14. The largest absolute Gasteiger partial charge is 0.369 e. The molecule has 1 aromatic heterocycles. The summed E-state index contributed by atoms with van der Waals surface area (Å²) in [6.07, 6.45) is 0.